The molecule has 0 saturated heterocycles. The summed E-state index contributed by atoms with van der Waals surface area (Å²) in [6, 6.07) is 13.3. The lowest BCUT2D eigenvalue weighted by atomic mass is 10.2. The van der Waals surface area contributed by atoms with Crippen molar-refractivity contribution in [3.8, 4) is 0 Å². The van der Waals surface area contributed by atoms with Crippen LogP contribution in [0.5, 0.6) is 0 Å². The predicted molar refractivity (Wildman–Crippen MR) is 105 cm³/mol. The summed E-state index contributed by atoms with van der Waals surface area (Å²) in [7, 11) is 1.74. The number of thiazole rings is 1. The Bertz CT molecular complexity index is 1190. The number of anilines is 1. The molecular weight excluding hydrogens is 348 g/mol. The van der Waals surface area contributed by atoms with Gasteiger partial charge in [0.2, 0.25) is 5.91 Å². The Labute approximate surface area is 153 Å². The fourth-order valence-electron chi connectivity index (χ4n) is 3.13. The van der Waals surface area contributed by atoms with Gasteiger partial charge in [0, 0.05) is 25.7 Å². The molecule has 132 valence electrons. The van der Waals surface area contributed by atoms with Gasteiger partial charge in [0.05, 0.1) is 26.3 Å². The number of para-hydroxylation sites is 2. The van der Waals surface area contributed by atoms with Crippen LogP contribution in [0.15, 0.2) is 47.3 Å². The summed E-state index contributed by atoms with van der Waals surface area (Å²) in [5, 5.41) is 3.90. The summed E-state index contributed by atoms with van der Waals surface area (Å²) >= 11 is 1.60. The number of nitrogens with one attached hydrogen (secondary N) is 1. The summed E-state index contributed by atoms with van der Waals surface area (Å²) in [6.07, 6.45) is 0.230. The highest BCUT2D eigenvalue weighted by Crippen LogP contribution is 2.24. The Hall–Kier alpha value is -2.93. The van der Waals surface area contributed by atoms with Crippen molar-refractivity contribution in [3.05, 3.63) is 58.0 Å². The van der Waals surface area contributed by atoms with E-state index in [1.54, 1.807) is 27.5 Å². The largest absolute Gasteiger partial charge is 0.328 e. The van der Waals surface area contributed by atoms with Gasteiger partial charge in [-0.25, -0.2) is 9.78 Å². The third-order valence-corrected chi connectivity index (χ3v) is 5.33. The molecule has 0 unspecified atom stereocenters. The highest BCUT2D eigenvalue weighted by molar-refractivity contribution is 7.18. The molecule has 2 aromatic heterocycles. The van der Waals surface area contributed by atoms with Gasteiger partial charge in [-0.3, -0.25) is 13.9 Å². The topological polar surface area (TPSA) is 68.9 Å². The maximum atomic E-state index is 12.4. The Balaban J connectivity index is 1.50. The van der Waals surface area contributed by atoms with E-state index in [2.05, 4.69) is 10.3 Å². The zero-order valence-corrected chi connectivity index (χ0v) is 15.3. The van der Waals surface area contributed by atoms with E-state index in [-0.39, 0.29) is 18.0 Å². The van der Waals surface area contributed by atoms with E-state index in [1.807, 2.05) is 49.4 Å². The Kier molecular flexibility index (Phi) is 4.08. The molecule has 1 amide bonds. The summed E-state index contributed by atoms with van der Waals surface area (Å²) < 4.78 is 4.29. The number of aryl methyl sites for hydroxylation is 3. The zero-order chi connectivity index (χ0) is 18.3. The van der Waals surface area contributed by atoms with Crippen molar-refractivity contribution in [2.24, 2.45) is 7.05 Å². The minimum absolute atomic E-state index is 0.111. The molecule has 0 atom stereocenters. The molecule has 0 spiro atoms. The van der Waals surface area contributed by atoms with Gasteiger partial charge < -0.3 is 5.32 Å². The van der Waals surface area contributed by atoms with Gasteiger partial charge in [-0.15, -0.1) is 11.3 Å². The van der Waals surface area contributed by atoms with Crippen LogP contribution < -0.4 is 11.0 Å². The second-order valence-corrected chi connectivity index (χ2v) is 7.43. The average Bonchev–Trinajstić information content (AvgIpc) is 3.11. The van der Waals surface area contributed by atoms with Crippen molar-refractivity contribution in [2.45, 2.75) is 19.9 Å². The van der Waals surface area contributed by atoms with Crippen molar-refractivity contribution in [3.63, 3.8) is 0 Å². The number of aromatic nitrogens is 3. The highest BCUT2D eigenvalue weighted by Gasteiger charge is 2.12. The predicted octanol–water partition coefficient (Wildman–Crippen LogP) is 3.29. The van der Waals surface area contributed by atoms with E-state index in [0.717, 1.165) is 31.9 Å². The van der Waals surface area contributed by atoms with E-state index < -0.39 is 0 Å². The standard InChI is InChI=1S/C19H18N4O2S/c1-12-20-14-8-7-13(11-17(14)26-12)21-18(24)9-10-23-16-6-4-3-5-15(16)22(2)19(23)25/h3-8,11H,9-10H2,1-2H3,(H,21,24). The number of carbonyl (C=O) groups excluding carboxylic acids is 1. The van der Waals surface area contributed by atoms with Crippen molar-refractivity contribution in [1.29, 1.82) is 0 Å². The molecule has 2 heterocycles. The molecule has 0 aliphatic heterocycles. The smallest absolute Gasteiger partial charge is 0.326 e. The lowest BCUT2D eigenvalue weighted by Gasteiger charge is -2.06. The molecule has 4 rings (SSSR count). The van der Waals surface area contributed by atoms with Gasteiger partial charge in [0.1, 0.15) is 0 Å². The monoisotopic (exact) mass is 366 g/mol. The lowest BCUT2D eigenvalue weighted by molar-refractivity contribution is -0.116. The van der Waals surface area contributed by atoms with Crippen LogP contribution in [0.2, 0.25) is 0 Å². The molecule has 0 bridgehead atoms. The number of carbonyl (C=O) groups is 1. The number of nitrogens with zero attached hydrogens (tertiary/aromatic N) is 3. The van der Waals surface area contributed by atoms with Gasteiger partial charge >= 0.3 is 5.69 Å². The molecule has 1 N–H and O–H groups in total. The quantitative estimate of drug-likeness (QED) is 0.603. The van der Waals surface area contributed by atoms with E-state index in [0.29, 0.717) is 6.54 Å². The molecule has 0 saturated carbocycles. The molecule has 7 heteroatoms. The molecule has 0 radical (unpaired) electrons. The number of imidazole rings is 1. The van der Waals surface area contributed by atoms with Crippen molar-refractivity contribution in [1.82, 2.24) is 14.1 Å². The number of hydrogen-bond acceptors (Lipinski definition) is 4. The molecule has 4 aromatic rings. The number of benzene rings is 2. The van der Waals surface area contributed by atoms with E-state index in [4.69, 9.17) is 0 Å². The third kappa shape index (κ3) is 2.90. The lowest BCUT2D eigenvalue weighted by Crippen LogP contribution is -2.24. The van der Waals surface area contributed by atoms with Crippen LogP contribution in [0.4, 0.5) is 5.69 Å². The van der Waals surface area contributed by atoms with Gasteiger partial charge in [0.15, 0.2) is 0 Å². The van der Waals surface area contributed by atoms with Crippen LogP contribution >= 0.6 is 11.3 Å². The summed E-state index contributed by atoms with van der Waals surface area (Å²) in [6.45, 7) is 2.30. The second-order valence-electron chi connectivity index (χ2n) is 6.20. The van der Waals surface area contributed by atoms with Crippen LogP contribution in [-0.2, 0) is 18.4 Å². The van der Waals surface area contributed by atoms with Crippen molar-refractivity contribution >= 4 is 44.2 Å². The minimum Gasteiger partial charge on any atom is -0.326 e. The molecule has 0 aliphatic rings. The van der Waals surface area contributed by atoms with Crippen LogP contribution in [-0.4, -0.2) is 20.0 Å². The van der Waals surface area contributed by atoms with Crippen LogP contribution in [0, 0.1) is 6.92 Å². The first-order valence-corrected chi connectivity index (χ1v) is 9.16. The van der Waals surface area contributed by atoms with Crippen LogP contribution in [0.25, 0.3) is 21.3 Å². The molecule has 26 heavy (non-hydrogen) atoms. The Morgan fingerprint density at radius 2 is 1.96 bits per heavy atom. The average molecular weight is 366 g/mol. The fraction of sp³-hybridized carbons (Fsp3) is 0.211. The highest BCUT2D eigenvalue weighted by atomic mass is 32.1. The van der Waals surface area contributed by atoms with E-state index in [9.17, 15) is 9.59 Å². The fourth-order valence-corrected chi connectivity index (χ4v) is 4.00. The number of fused-ring (bicyclic) bond motifs is 2. The van der Waals surface area contributed by atoms with E-state index >= 15 is 0 Å². The summed E-state index contributed by atoms with van der Waals surface area (Å²) in [5.41, 5.74) is 3.28. The first-order chi connectivity index (χ1) is 12.5. The zero-order valence-electron chi connectivity index (χ0n) is 14.5. The number of amides is 1. The number of hydrogen-bond donors (Lipinski definition) is 1. The van der Waals surface area contributed by atoms with Crippen molar-refractivity contribution < 1.29 is 4.79 Å². The Morgan fingerprint density at radius 3 is 2.77 bits per heavy atom. The van der Waals surface area contributed by atoms with Gasteiger partial charge in [-0.1, -0.05) is 12.1 Å². The summed E-state index contributed by atoms with van der Waals surface area (Å²) in [4.78, 5) is 29.1. The minimum atomic E-state index is -0.120. The Morgan fingerprint density at radius 1 is 1.19 bits per heavy atom. The van der Waals surface area contributed by atoms with Crippen LogP contribution in [0.1, 0.15) is 11.4 Å². The SMILES string of the molecule is Cc1nc2ccc(NC(=O)CCn3c(=O)n(C)c4ccccc43)cc2s1. The normalized spacial score (nSPS) is 11.3. The van der Waals surface area contributed by atoms with Gasteiger partial charge in [0.25, 0.3) is 0 Å². The summed E-state index contributed by atoms with van der Waals surface area (Å²) in [5.74, 6) is -0.120. The van der Waals surface area contributed by atoms with Crippen molar-refractivity contribution in [2.75, 3.05) is 5.32 Å². The van der Waals surface area contributed by atoms with E-state index in [1.165, 1.54) is 0 Å². The first-order valence-electron chi connectivity index (χ1n) is 8.34. The van der Waals surface area contributed by atoms with Crippen LogP contribution in [0.3, 0.4) is 0 Å². The molecule has 6 nitrogen and oxygen atoms in total. The number of rotatable bonds is 4. The third-order valence-electron chi connectivity index (χ3n) is 4.39. The maximum absolute atomic E-state index is 12.4. The van der Waals surface area contributed by atoms with Gasteiger partial charge in [-0.2, -0.15) is 0 Å². The molecular formula is C19H18N4O2S. The van der Waals surface area contributed by atoms with Gasteiger partial charge in [-0.05, 0) is 37.3 Å². The molecule has 0 aliphatic carbocycles. The molecule has 0 fully saturated rings. The maximum Gasteiger partial charge on any atom is 0.328 e. The molecule has 2 aromatic carbocycles. The first kappa shape index (κ1) is 16.5. The second kappa shape index (κ2) is 6.42.